The highest BCUT2D eigenvalue weighted by Crippen LogP contribution is 2.24. The lowest BCUT2D eigenvalue weighted by molar-refractivity contribution is -0.125. The third kappa shape index (κ3) is 4.51. The summed E-state index contributed by atoms with van der Waals surface area (Å²) in [5.41, 5.74) is 0. The first-order chi connectivity index (χ1) is 7.27. The van der Waals surface area contributed by atoms with E-state index in [4.69, 9.17) is 4.74 Å². The predicted molar refractivity (Wildman–Crippen MR) is 64.2 cm³/mol. The van der Waals surface area contributed by atoms with E-state index in [0.29, 0.717) is 6.61 Å². The summed E-state index contributed by atoms with van der Waals surface area (Å²) in [6.45, 7) is 0.601. The standard InChI is InChI=1S/C11H20BrNO2/c1-15-8-10(6-7-12)13-11(14)9-4-2-3-5-9/h9-10H,2-8H2,1H3,(H,13,14). The molecular weight excluding hydrogens is 258 g/mol. The summed E-state index contributed by atoms with van der Waals surface area (Å²) >= 11 is 3.39. The van der Waals surface area contributed by atoms with Gasteiger partial charge < -0.3 is 10.1 Å². The molecule has 88 valence electrons. The van der Waals surface area contributed by atoms with Crippen LogP contribution in [0.5, 0.6) is 0 Å². The summed E-state index contributed by atoms with van der Waals surface area (Å²) in [5.74, 6) is 0.468. The van der Waals surface area contributed by atoms with Crippen molar-refractivity contribution >= 4 is 21.8 Å². The van der Waals surface area contributed by atoms with Crippen molar-refractivity contribution in [3.63, 3.8) is 0 Å². The summed E-state index contributed by atoms with van der Waals surface area (Å²) in [4.78, 5) is 11.8. The molecule has 1 N–H and O–H groups in total. The van der Waals surface area contributed by atoms with Crippen molar-refractivity contribution < 1.29 is 9.53 Å². The highest BCUT2D eigenvalue weighted by molar-refractivity contribution is 9.09. The number of methoxy groups -OCH3 is 1. The summed E-state index contributed by atoms with van der Waals surface area (Å²) in [6, 6.07) is 0.155. The van der Waals surface area contributed by atoms with Crippen molar-refractivity contribution in [3.05, 3.63) is 0 Å². The summed E-state index contributed by atoms with van der Waals surface area (Å²) in [6.07, 6.45) is 5.43. The van der Waals surface area contributed by atoms with Gasteiger partial charge in [-0.3, -0.25) is 4.79 Å². The summed E-state index contributed by atoms with van der Waals surface area (Å²) in [7, 11) is 1.67. The Morgan fingerprint density at radius 3 is 2.73 bits per heavy atom. The minimum Gasteiger partial charge on any atom is -0.383 e. The first-order valence-electron chi connectivity index (χ1n) is 5.63. The van der Waals surface area contributed by atoms with Crippen LogP contribution in [0, 0.1) is 5.92 Å². The zero-order chi connectivity index (χ0) is 11.1. The van der Waals surface area contributed by atoms with E-state index in [1.807, 2.05) is 0 Å². The first-order valence-corrected chi connectivity index (χ1v) is 6.75. The number of carbonyl (C=O) groups is 1. The fourth-order valence-corrected chi connectivity index (χ4v) is 2.59. The number of carbonyl (C=O) groups excluding carboxylic acids is 1. The maximum Gasteiger partial charge on any atom is 0.223 e. The van der Waals surface area contributed by atoms with E-state index < -0.39 is 0 Å². The van der Waals surface area contributed by atoms with Gasteiger partial charge in [-0.1, -0.05) is 28.8 Å². The Balaban J connectivity index is 2.31. The molecule has 1 unspecified atom stereocenters. The van der Waals surface area contributed by atoms with Crippen molar-refractivity contribution in [2.24, 2.45) is 5.92 Å². The molecular formula is C11H20BrNO2. The maximum absolute atomic E-state index is 11.8. The summed E-state index contributed by atoms with van der Waals surface area (Å²) < 4.78 is 5.08. The Bertz CT molecular complexity index is 187. The molecule has 3 nitrogen and oxygen atoms in total. The number of hydrogen-bond acceptors (Lipinski definition) is 2. The van der Waals surface area contributed by atoms with Gasteiger partial charge in [0.25, 0.3) is 0 Å². The van der Waals surface area contributed by atoms with Gasteiger partial charge in [0, 0.05) is 18.4 Å². The largest absolute Gasteiger partial charge is 0.383 e. The van der Waals surface area contributed by atoms with Gasteiger partial charge in [0.1, 0.15) is 0 Å². The molecule has 1 fully saturated rings. The Morgan fingerprint density at radius 2 is 2.20 bits per heavy atom. The predicted octanol–water partition coefficient (Wildman–Crippen LogP) is 2.09. The van der Waals surface area contributed by atoms with Gasteiger partial charge in [-0.05, 0) is 19.3 Å². The Labute approximate surface area is 100 Å². The molecule has 1 amide bonds. The van der Waals surface area contributed by atoms with Crippen molar-refractivity contribution in [1.29, 1.82) is 0 Å². The highest BCUT2D eigenvalue weighted by atomic mass is 79.9. The van der Waals surface area contributed by atoms with Crippen LogP contribution in [0.2, 0.25) is 0 Å². The molecule has 1 saturated carbocycles. The third-order valence-electron chi connectivity index (χ3n) is 2.90. The molecule has 0 spiro atoms. The number of alkyl halides is 1. The lowest BCUT2D eigenvalue weighted by Gasteiger charge is -2.19. The Morgan fingerprint density at radius 1 is 1.53 bits per heavy atom. The Hall–Kier alpha value is -0.0900. The van der Waals surface area contributed by atoms with Gasteiger partial charge in [0.2, 0.25) is 5.91 Å². The van der Waals surface area contributed by atoms with E-state index in [-0.39, 0.29) is 17.9 Å². The molecule has 4 heteroatoms. The van der Waals surface area contributed by atoms with Crippen molar-refractivity contribution in [2.75, 3.05) is 19.0 Å². The second kappa shape index (κ2) is 7.23. The zero-order valence-corrected chi connectivity index (χ0v) is 10.9. The monoisotopic (exact) mass is 277 g/mol. The van der Waals surface area contributed by atoms with Crippen LogP contribution in [-0.4, -0.2) is 31.0 Å². The van der Waals surface area contributed by atoms with Gasteiger partial charge in [0.05, 0.1) is 12.6 Å². The number of nitrogens with one attached hydrogen (secondary N) is 1. The Kier molecular flexibility index (Phi) is 6.25. The van der Waals surface area contributed by atoms with Crippen LogP contribution >= 0.6 is 15.9 Å². The molecule has 1 aliphatic carbocycles. The van der Waals surface area contributed by atoms with E-state index in [2.05, 4.69) is 21.2 Å². The van der Waals surface area contributed by atoms with Crippen LogP contribution in [-0.2, 0) is 9.53 Å². The first kappa shape index (κ1) is 13.0. The number of amides is 1. The van der Waals surface area contributed by atoms with Crippen LogP contribution in [0.3, 0.4) is 0 Å². The van der Waals surface area contributed by atoms with Crippen LogP contribution in [0.25, 0.3) is 0 Å². The number of hydrogen-bond donors (Lipinski definition) is 1. The van der Waals surface area contributed by atoms with Gasteiger partial charge in [-0.15, -0.1) is 0 Å². The van der Waals surface area contributed by atoms with Gasteiger partial charge in [-0.2, -0.15) is 0 Å². The minimum atomic E-state index is 0.155. The van der Waals surface area contributed by atoms with Gasteiger partial charge >= 0.3 is 0 Å². The fourth-order valence-electron chi connectivity index (χ4n) is 2.04. The highest BCUT2D eigenvalue weighted by Gasteiger charge is 2.24. The van der Waals surface area contributed by atoms with E-state index in [1.165, 1.54) is 12.8 Å². The number of rotatable bonds is 6. The second-order valence-electron chi connectivity index (χ2n) is 4.12. The molecule has 0 heterocycles. The fraction of sp³-hybridized carbons (Fsp3) is 0.909. The van der Waals surface area contributed by atoms with Crippen LogP contribution < -0.4 is 5.32 Å². The third-order valence-corrected chi connectivity index (χ3v) is 3.36. The molecule has 0 radical (unpaired) electrons. The molecule has 1 aliphatic rings. The van der Waals surface area contributed by atoms with Crippen molar-refractivity contribution in [1.82, 2.24) is 5.32 Å². The topological polar surface area (TPSA) is 38.3 Å². The van der Waals surface area contributed by atoms with E-state index in [0.717, 1.165) is 24.6 Å². The quantitative estimate of drug-likeness (QED) is 0.756. The van der Waals surface area contributed by atoms with Crippen LogP contribution in [0.1, 0.15) is 32.1 Å². The van der Waals surface area contributed by atoms with Gasteiger partial charge in [-0.25, -0.2) is 0 Å². The van der Waals surface area contributed by atoms with Crippen LogP contribution in [0.4, 0.5) is 0 Å². The molecule has 1 atom stereocenters. The molecule has 0 aromatic heterocycles. The minimum absolute atomic E-state index is 0.155. The molecule has 0 aromatic carbocycles. The normalized spacial score (nSPS) is 19.1. The number of ether oxygens (including phenoxy) is 1. The lowest BCUT2D eigenvalue weighted by atomic mass is 10.1. The average molecular weight is 278 g/mol. The van der Waals surface area contributed by atoms with E-state index >= 15 is 0 Å². The van der Waals surface area contributed by atoms with Crippen molar-refractivity contribution in [3.8, 4) is 0 Å². The SMILES string of the molecule is COCC(CCBr)NC(=O)C1CCCC1. The average Bonchev–Trinajstić information content (AvgIpc) is 2.71. The summed E-state index contributed by atoms with van der Waals surface area (Å²) in [5, 5.41) is 3.96. The van der Waals surface area contributed by atoms with Crippen LogP contribution in [0.15, 0.2) is 0 Å². The van der Waals surface area contributed by atoms with E-state index in [9.17, 15) is 4.79 Å². The number of halogens is 1. The molecule has 0 bridgehead atoms. The van der Waals surface area contributed by atoms with E-state index in [1.54, 1.807) is 7.11 Å². The maximum atomic E-state index is 11.8. The lowest BCUT2D eigenvalue weighted by Crippen LogP contribution is -2.41. The molecule has 1 rings (SSSR count). The zero-order valence-electron chi connectivity index (χ0n) is 9.30. The second-order valence-corrected chi connectivity index (χ2v) is 4.91. The van der Waals surface area contributed by atoms with Gasteiger partial charge in [0.15, 0.2) is 0 Å². The molecule has 0 aromatic rings. The smallest absolute Gasteiger partial charge is 0.223 e. The molecule has 15 heavy (non-hydrogen) atoms. The van der Waals surface area contributed by atoms with Crippen molar-refractivity contribution in [2.45, 2.75) is 38.1 Å². The molecule has 0 aliphatic heterocycles. The molecule has 0 saturated heterocycles.